The third-order valence-electron chi connectivity index (χ3n) is 4.14. The highest BCUT2D eigenvalue weighted by Crippen LogP contribution is 2.23. The number of nitrogens with zero attached hydrogens (tertiary/aromatic N) is 2. The number of furan rings is 1. The van der Waals surface area contributed by atoms with Crippen LogP contribution < -0.4 is 5.32 Å². The van der Waals surface area contributed by atoms with Gasteiger partial charge in [0.2, 0.25) is 0 Å². The number of hydrogen-bond acceptors (Lipinski definition) is 3. The number of pyridine rings is 1. The number of carbonyl (C=O) groups excluding carboxylic acids is 1. The number of fused-ring (bicyclic) bond motifs is 1. The standard InChI is InChI=1S/C20H16FN3O2/c1-13-5-7-22-19(9-13)23-20(25)17-11-18-16(6-8-26-18)24(17)12-14-3-2-4-15(21)10-14/h2-11H,12H2,1H3,(H,22,23,25). The van der Waals surface area contributed by atoms with Crippen LogP contribution in [0.25, 0.3) is 11.1 Å². The molecule has 0 radical (unpaired) electrons. The van der Waals surface area contributed by atoms with E-state index in [4.69, 9.17) is 4.42 Å². The first-order valence-corrected chi connectivity index (χ1v) is 8.15. The molecular weight excluding hydrogens is 333 g/mol. The Morgan fingerprint density at radius 1 is 1.23 bits per heavy atom. The lowest BCUT2D eigenvalue weighted by atomic mass is 10.2. The maximum atomic E-state index is 13.5. The molecule has 3 aromatic heterocycles. The van der Waals surface area contributed by atoms with E-state index in [1.165, 1.54) is 12.1 Å². The number of benzene rings is 1. The summed E-state index contributed by atoms with van der Waals surface area (Å²) in [6.45, 7) is 2.28. The fourth-order valence-corrected chi connectivity index (χ4v) is 2.94. The van der Waals surface area contributed by atoms with Crippen molar-refractivity contribution < 1.29 is 13.6 Å². The van der Waals surface area contributed by atoms with Crippen molar-refractivity contribution in [2.75, 3.05) is 5.32 Å². The quantitative estimate of drug-likeness (QED) is 0.595. The molecule has 5 nitrogen and oxygen atoms in total. The molecule has 0 spiro atoms. The van der Waals surface area contributed by atoms with Crippen molar-refractivity contribution in [1.82, 2.24) is 9.55 Å². The van der Waals surface area contributed by atoms with E-state index in [9.17, 15) is 9.18 Å². The van der Waals surface area contributed by atoms with Crippen molar-refractivity contribution in [2.45, 2.75) is 13.5 Å². The number of aromatic nitrogens is 2. The highest BCUT2D eigenvalue weighted by Gasteiger charge is 2.18. The molecule has 0 unspecified atom stereocenters. The topological polar surface area (TPSA) is 60.1 Å². The Morgan fingerprint density at radius 2 is 2.12 bits per heavy atom. The summed E-state index contributed by atoms with van der Waals surface area (Å²) >= 11 is 0. The third-order valence-corrected chi connectivity index (χ3v) is 4.14. The molecule has 0 aliphatic carbocycles. The van der Waals surface area contributed by atoms with Crippen LogP contribution in [0.5, 0.6) is 0 Å². The van der Waals surface area contributed by atoms with Crippen molar-refractivity contribution in [1.29, 1.82) is 0 Å². The fraction of sp³-hybridized carbons (Fsp3) is 0.100. The van der Waals surface area contributed by atoms with E-state index in [0.29, 0.717) is 23.6 Å². The molecule has 3 heterocycles. The summed E-state index contributed by atoms with van der Waals surface area (Å²) < 4.78 is 20.8. The van der Waals surface area contributed by atoms with E-state index in [2.05, 4.69) is 10.3 Å². The Labute approximate surface area is 149 Å². The van der Waals surface area contributed by atoms with E-state index in [1.54, 1.807) is 41.3 Å². The van der Waals surface area contributed by atoms with Gasteiger partial charge in [0.25, 0.3) is 5.91 Å². The lowest BCUT2D eigenvalue weighted by Crippen LogP contribution is -2.18. The fourth-order valence-electron chi connectivity index (χ4n) is 2.94. The minimum atomic E-state index is -0.312. The molecule has 0 aliphatic rings. The van der Waals surface area contributed by atoms with Crippen LogP contribution in [-0.4, -0.2) is 15.5 Å². The Morgan fingerprint density at radius 3 is 2.92 bits per heavy atom. The Bertz CT molecular complexity index is 1100. The molecule has 6 heteroatoms. The number of anilines is 1. The van der Waals surface area contributed by atoms with Gasteiger partial charge in [-0.2, -0.15) is 0 Å². The molecule has 1 amide bonds. The molecule has 0 bridgehead atoms. The number of aryl methyl sites for hydroxylation is 1. The lowest BCUT2D eigenvalue weighted by Gasteiger charge is -2.11. The first-order valence-electron chi connectivity index (χ1n) is 8.15. The number of halogens is 1. The van der Waals surface area contributed by atoms with Gasteiger partial charge >= 0.3 is 0 Å². The zero-order chi connectivity index (χ0) is 18.1. The second kappa shape index (κ2) is 6.48. The van der Waals surface area contributed by atoms with E-state index in [1.807, 2.05) is 19.1 Å². The molecule has 130 valence electrons. The second-order valence-corrected chi connectivity index (χ2v) is 6.09. The van der Waals surface area contributed by atoms with Gasteiger partial charge in [-0.05, 0) is 42.3 Å². The van der Waals surface area contributed by atoms with Crippen molar-refractivity contribution >= 4 is 22.8 Å². The van der Waals surface area contributed by atoms with E-state index in [-0.39, 0.29) is 11.7 Å². The summed E-state index contributed by atoms with van der Waals surface area (Å²) in [5.74, 6) is -0.135. The SMILES string of the molecule is Cc1ccnc(NC(=O)c2cc3occc3n2Cc2cccc(F)c2)c1. The summed E-state index contributed by atoms with van der Waals surface area (Å²) in [5, 5.41) is 2.80. The monoisotopic (exact) mass is 349 g/mol. The zero-order valence-electron chi connectivity index (χ0n) is 14.1. The number of carbonyl (C=O) groups is 1. The second-order valence-electron chi connectivity index (χ2n) is 6.09. The molecule has 0 atom stereocenters. The van der Waals surface area contributed by atoms with Crippen LogP contribution in [0, 0.1) is 12.7 Å². The van der Waals surface area contributed by atoms with Gasteiger partial charge in [-0.3, -0.25) is 4.79 Å². The lowest BCUT2D eigenvalue weighted by molar-refractivity contribution is 0.101. The van der Waals surface area contributed by atoms with Crippen molar-refractivity contribution in [2.24, 2.45) is 0 Å². The molecule has 4 rings (SSSR count). The number of hydrogen-bond donors (Lipinski definition) is 1. The largest absolute Gasteiger partial charge is 0.463 e. The van der Waals surface area contributed by atoms with Gasteiger partial charge < -0.3 is 14.3 Å². The van der Waals surface area contributed by atoms with Gasteiger partial charge in [-0.25, -0.2) is 9.37 Å². The van der Waals surface area contributed by atoms with E-state index >= 15 is 0 Å². The zero-order valence-corrected chi connectivity index (χ0v) is 14.1. The number of amides is 1. The Balaban J connectivity index is 1.70. The van der Waals surface area contributed by atoms with Gasteiger partial charge in [0.05, 0.1) is 11.8 Å². The molecule has 0 saturated heterocycles. The van der Waals surface area contributed by atoms with Gasteiger partial charge in [-0.15, -0.1) is 0 Å². The average Bonchev–Trinajstić information content (AvgIpc) is 3.18. The maximum absolute atomic E-state index is 13.5. The molecular formula is C20H16FN3O2. The van der Waals surface area contributed by atoms with Crippen molar-refractivity contribution in [3.05, 3.63) is 83.6 Å². The van der Waals surface area contributed by atoms with Gasteiger partial charge in [0.15, 0.2) is 5.58 Å². The highest BCUT2D eigenvalue weighted by molar-refractivity contribution is 6.05. The van der Waals surface area contributed by atoms with Crippen molar-refractivity contribution in [3.63, 3.8) is 0 Å². The number of nitrogens with one attached hydrogen (secondary N) is 1. The molecule has 26 heavy (non-hydrogen) atoms. The van der Waals surface area contributed by atoms with E-state index in [0.717, 1.165) is 16.6 Å². The summed E-state index contributed by atoms with van der Waals surface area (Å²) in [4.78, 5) is 16.9. The first kappa shape index (κ1) is 16.1. The summed E-state index contributed by atoms with van der Waals surface area (Å²) in [5.41, 5.74) is 3.55. The molecule has 0 saturated carbocycles. The van der Waals surface area contributed by atoms with Crippen LogP contribution in [0.3, 0.4) is 0 Å². The van der Waals surface area contributed by atoms with Crippen LogP contribution in [0.4, 0.5) is 10.2 Å². The summed E-state index contributed by atoms with van der Waals surface area (Å²) in [6, 6.07) is 13.4. The third kappa shape index (κ3) is 3.09. The minimum Gasteiger partial charge on any atom is -0.463 e. The Hall–Kier alpha value is -3.41. The molecule has 0 fully saturated rings. The van der Waals surface area contributed by atoms with Crippen LogP contribution in [-0.2, 0) is 6.54 Å². The molecule has 0 aliphatic heterocycles. The predicted octanol–water partition coefficient (Wildman–Crippen LogP) is 4.38. The molecule has 4 aromatic rings. The van der Waals surface area contributed by atoms with Crippen LogP contribution in [0.2, 0.25) is 0 Å². The predicted molar refractivity (Wildman–Crippen MR) is 96.6 cm³/mol. The minimum absolute atomic E-state index is 0.300. The number of rotatable bonds is 4. The van der Waals surface area contributed by atoms with Crippen LogP contribution >= 0.6 is 0 Å². The van der Waals surface area contributed by atoms with E-state index < -0.39 is 0 Å². The Kier molecular flexibility index (Phi) is 4.01. The maximum Gasteiger partial charge on any atom is 0.273 e. The summed E-state index contributed by atoms with van der Waals surface area (Å²) in [7, 11) is 0. The summed E-state index contributed by atoms with van der Waals surface area (Å²) in [6.07, 6.45) is 3.21. The smallest absolute Gasteiger partial charge is 0.273 e. The highest BCUT2D eigenvalue weighted by atomic mass is 19.1. The van der Waals surface area contributed by atoms with Gasteiger partial charge in [0.1, 0.15) is 17.3 Å². The first-order chi connectivity index (χ1) is 12.6. The van der Waals surface area contributed by atoms with Crippen molar-refractivity contribution in [3.8, 4) is 0 Å². The molecule has 1 N–H and O–H groups in total. The van der Waals surface area contributed by atoms with Crippen LogP contribution in [0.1, 0.15) is 21.6 Å². The average molecular weight is 349 g/mol. The normalized spacial score (nSPS) is 11.0. The van der Waals surface area contributed by atoms with Gasteiger partial charge in [0, 0.05) is 24.9 Å². The molecule has 1 aromatic carbocycles. The van der Waals surface area contributed by atoms with Crippen LogP contribution in [0.15, 0.2) is 65.4 Å². The van der Waals surface area contributed by atoms with Gasteiger partial charge in [-0.1, -0.05) is 12.1 Å².